The van der Waals surface area contributed by atoms with Gasteiger partial charge in [0.15, 0.2) is 0 Å². The molecule has 0 spiro atoms. The fourth-order valence-electron chi connectivity index (χ4n) is 2.52. The van der Waals surface area contributed by atoms with Crippen molar-refractivity contribution in [2.45, 2.75) is 38.8 Å². The van der Waals surface area contributed by atoms with Gasteiger partial charge in [0.05, 0.1) is 7.11 Å². The van der Waals surface area contributed by atoms with Crippen LogP contribution in [0.25, 0.3) is 0 Å². The molecule has 0 aromatic carbocycles. The normalized spacial score (nSPS) is 21.1. The summed E-state index contributed by atoms with van der Waals surface area (Å²) >= 11 is 0. The second-order valence-electron chi connectivity index (χ2n) is 4.86. The minimum absolute atomic E-state index is 0.228. The van der Waals surface area contributed by atoms with Gasteiger partial charge in [0, 0.05) is 26.1 Å². The summed E-state index contributed by atoms with van der Waals surface area (Å²) in [5.41, 5.74) is 0. The van der Waals surface area contributed by atoms with Gasteiger partial charge in [0.2, 0.25) is 5.91 Å². The molecule has 1 aliphatic rings. The highest BCUT2D eigenvalue weighted by Gasteiger charge is 2.24. The molecular formula is C13H25N3O3. The summed E-state index contributed by atoms with van der Waals surface area (Å²) in [4.78, 5) is 25.0. The zero-order valence-electron chi connectivity index (χ0n) is 12.1. The Morgan fingerprint density at radius 2 is 2.21 bits per heavy atom. The summed E-state index contributed by atoms with van der Waals surface area (Å²) in [5.74, 6) is -0.644. The largest absolute Gasteiger partial charge is 0.467 e. The first-order valence-electron chi connectivity index (χ1n) is 6.88. The summed E-state index contributed by atoms with van der Waals surface area (Å²) in [6, 6.07) is -0.0837. The average molecular weight is 271 g/mol. The number of carbonyl (C=O) groups excluding carboxylic acids is 2. The maximum absolute atomic E-state index is 11.5. The molecule has 1 aliphatic heterocycles. The second-order valence-corrected chi connectivity index (χ2v) is 4.86. The van der Waals surface area contributed by atoms with Crippen molar-refractivity contribution in [2.24, 2.45) is 0 Å². The van der Waals surface area contributed by atoms with Gasteiger partial charge >= 0.3 is 5.97 Å². The van der Waals surface area contributed by atoms with Gasteiger partial charge < -0.3 is 15.4 Å². The van der Waals surface area contributed by atoms with Gasteiger partial charge in [0.25, 0.3) is 0 Å². The van der Waals surface area contributed by atoms with Crippen LogP contribution in [0.2, 0.25) is 0 Å². The molecule has 0 radical (unpaired) electrons. The lowest BCUT2D eigenvalue weighted by Gasteiger charge is -2.24. The van der Waals surface area contributed by atoms with Crippen LogP contribution >= 0.6 is 0 Å². The summed E-state index contributed by atoms with van der Waals surface area (Å²) in [5, 5.41) is 5.85. The van der Waals surface area contributed by atoms with E-state index in [0.29, 0.717) is 12.6 Å². The minimum Gasteiger partial charge on any atom is -0.467 e. The molecule has 6 heteroatoms. The summed E-state index contributed by atoms with van der Waals surface area (Å²) in [6.45, 7) is 6.99. The summed E-state index contributed by atoms with van der Waals surface area (Å²) in [6.07, 6.45) is 2.41. The Balaban J connectivity index is 2.35. The number of ether oxygens (including phenoxy) is 1. The van der Waals surface area contributed by atoms with Crippen LogP contribution in [0.1, 0.15) is 26.7 Å². The Morgan fingerprint density at radius 3 is 2.79 bits per heavy atom. The van der Waals surface area contributed by atoms with E-state index < -0.39 is 12.0 Å². The SMILES string of the molecule is CCN1CCCC1CNCC(NC(C)=O)C(=O)OC. The Bertz CT molecular complexity index is 310. The van der Waals surface area contributed by atoms with Gasteiger partial charge in [-0.05, 0) is 25.9 Å². The molecule has 2 unspecified atom stereocenters. The van der Waals surface area contributed by atoms with Crippen molar-refractivity contribution in [1.29, 1.82) is 0 Å². The fourth-order valence-corrected chi connectivity index (χ4v) is 2.52. The van der Waals surface area contributed by atoms with Crippen LogP contribution in [-0.2, 0) is 14.3 Å². The van der Waals surface area contributed by atoms with Crippen molar-refractivity contribution in [1.82, 2.24) is 15.5 Å². The lowest BCUT2D eigenvalue weighted by Crippen LogP contribution is -2.49. The number of likely N-dealkylation sites (tertiary alicyclic amines) is 1. The molecule has 19 heavy (non-hydrogen) atoms. The zero-order chi connectivity index (χ0) is 14.3. The Kier molecular flexibility index (Phi) is 6.80. The van der Waals surface area contributed by atoms with Crippen LogP contribution in [0.15, 0.2) is 0 Å². The molecule has 0 saturated carbocycles. The molecule has 1 rings (SSSR count). The smallest absolute Gasteiger partial charge is 0.329 e. The van der Waals surface area contributed by atoms with Crippen molar-refractivity contribution in [3.05, 3.63) is 0 Å². The molecular weight excluding hydrogens is 246 g/mol. The number of hydrogen-bond donors (Lipinski definition) is 2. The van der Waals surface area contributed by atoms with E-state index in [0.717, 1.165) is 19.6 Å². The van der Waals surface area contributed by atoms with E-state index in [9.17, 15) is 9.59 Å². The highest BCUT2D eigenvalue weighted by molar-refractivity contribution is 5.83. The quantitative estimate of drug-likeness (QED) is 0.624. The van der Waals surface area contributed by atoms with Crippen molar-refractivity contribution < 1.29 is 14.3 Å². The molecule has 110 valence electrons. The molecule has 1 fully saturated rings. The number of carbonyl (C=O) groups is 2. The third kappa shape index (κ3) is 5.16. The molecule has 1 amide bonds. The Labute approximate surface area is 114 Å². The monoisotopic (exact) mass is 271 g/mol. The molecule has 0 aromatic rings. The fraction of sp³-hybridized carbons (Fsp3) is 0.846. The molecule has 1 heterocycles. The lowest BCUT2D eigenvalue weighted by atomic mass is 10.2. The van der Waals surface area contributed by atoms with Crippen molar-refractivity contribution in [3.8, 4) is 0 Å². The number of nitrogens with one attached hydrogen (secondary N) is 2. The van der Waals surface area contributed by atoms with Crippen LogP contribution in [0.5, 0.6) is 0 Å². The molecule has 0 aromatic heterocycles. The third-order valence-corrected chi connectivity index (χ3v) is 3.50. The maximum Gasteiger partial charge on any atom is 0.329 e. The standard InChI is InChI=1S/C13H25N3O3/c1-4-16-7-5-6-11(16)8-14-9-12(13(18)19-3)15-10(2)17/h11-12,14H,4-9H2,1-3H3,(H,15,17). The van der Waals surface area contributed by atoms with Crippen LogP contribution in [0, 0.1) is 0 Å². The van der Waals surface area contributed by atoms with Crippen molar-refractivity contribution >= 4 is 11.9 Å². The predicted octanol–water partition coefficient (Wildman–Crippen LogP) is -0.262. The van der Waals surface area contributed by atoms with Gasteiger partial charge in [0.1, 0.15) is 6.04 Å². The number of methoxy groups -OCH3 is 1. The zero-order valence-corrected chi connectivity index (χ0v) is 12.1. The van der Waals surface area contributed by atoms with Crippen molar-refractivity contribution in [3.63, 3.8) is 0 Å². The predicted molar refractivity (Wildman–Crippen MR) is 72.8 cm³/mol. The summed E-state index contributed by atoms with van der Waals surface area (Å²) in [7, 11) is 1.33. The number of rotatable bonds is 7. The minimum atomic E-state index is -0.612. The first-order valence-corrected chi connectivity index (χ1v) is 6.88. The van der Waals surface area contributed by atoms with Gasteiger partial charge in [-0.15, -0.1) is 0 Å². The van der Waals surface area contributed by atoms with Crippen LogP contribution in [-0.4, -0.2) is 62.1 Å². The molecule has 2 atom stereocenters. The number of esters is 1. The van der Waals surface area contributed by atoms with Gasteiger partial charge in [-0.25, -0.2) is 4.79 Å². The number of likely N-dealkylation sites (N-methyl/N-ethyl adjacent to an activating group) is 1. The third-order valence-electron chi connectivity index (χ3n) is 3.50. The number of hydrogen-bond acceptors (Lipinski definition) is 5. The first kappa shape index (κ1) is 15.9. The molecule has 0 aliphatic carbocycles. The van der Waals surface area contributed by atoms with E-state index in [2.05, 4.69) is 27.2 Å². The number of nitrogens with zero attached hydrogens (tertiary/aromatic N) is 1. The lowest BCUT2D eigenvalue weighted by molar-refractivity contribution is -0.144. The molecule has 2 N–H and O–H groups in total. The average Bonchev–Trinajstić information content (AvgIpc) is 2.83. The Morgan fingerprint density at radius 1 is 1.47 bits per heavy atom. The van der Waals surface area contributed by atoms with Gasteiger partial charge in [-0.1, -0.05) is 6.92 Å². The van der Waals surface area contributed by atoms with E-state index in [-0.39, 0.29) is 5.91 Å². The number of amides is 1. The molecule has 0 bridgehead atoms. The second kappa shape index (κ2) is 8.12. The van der Waals surface area contributed by atoms with E-state index in [1.807, 2.05) is 0 Å². The highest BCUT2D eigenvalue weighted by Crippen LogP contribution is 2.15. The van der Waals surface area contributed by atoms with Crippen molar-refractivity contribution in [2.75, 3.05) is 33.3 Å². The summed E-state index contributed by atoms with van der Waals surface area (Å²) < 4.78 is 4.67. The highest BCUT2D eigenvalue weighted by atomic mass is 16.5. The van der Waals surface area contributed by atoms with E-state index in [1.165, 1.54) is 26.9 Å². The molecule has 1 saturated heterocycles. The van der Waals surface area contributed by atoms with E-state index >= 15 is 0 Å². The van der Waals surface area contributed by atoms with E-state index in [1.54, 1.807) is 0 Å². The Hall–Kier alpha value is -1.14. The molecule has 6 nitrogen and oxygen atoms in total. The van der Waals surface area contributed by atoms with Gasteiger partial charge in [-0.3, -0.25) is 9.69 Å². The first-order chi connectivity index (χ1) is 9.08. The maximum atomic E-state index is 11.5. The topological polar surface area (TPSA) is 70.7 Å². The van der Waals surface area contributed by atoms with Crippen LogP contribution < -0.4 is 10.6 Å². The van der Waals surface area contributed by atoms with Gasteiger partial charge in [-0.2, -0.15) is 0 Å². The van der Waals surface area contributed by atoms with E-state index in [4.69, 9.17) is 0 Å². The van der Waals surface area contributed by atoms with Crippen LogP contribution in [0.3, 0.4) is 0 Å². The van der Waals surface area contributed by atoms with Crippen LogP contribution in [0.4, 0.5) is 0 Å².